The maximum atomic E-state index is 10.7. The van der Waals surface area contributed by atoms with Gasteiger partial charge in [0.1, 0.15) is 17.1 Å². The molecule has 0 bridgehead atoms. The van der Waals surface area contributed by atoms with Crippen LogP contribution in [0.4, 0.5) is 0 Å². The topological polar surface area (TPSA) is 109 Å². The molecular weight excluding hydrogens is 408 g/mol. The molecule has 0 aliphatic heterocycles. The number of aryl methyl sites for hydroxylation is 2. The first kappa shape index (κ1) is 23.5. The molecule has 2 heterocycles. The van der Waals surface area contributed by atoms with E-state index in [4.69, 9.17) is 9.47 Å². The molecule has 1 aromatic carbocycles. The Labute approximate surface area is 188 Å². The SMILES string of the molecule is CCNC(=NCC(C)(O)c1cnn(C)c1)NCCCc1cc2c(OC)cc(OC)cc2[nH]1. The highest BCUT2D eigenvalue weighted by Crippen LogP contribution is 2.31. The van der Waals surface area contributed by atoms with Crippen molar-refractivity contribution in [1.82, 2.24) is 25.4 Å². The third-order valence-electron chi connectivity index (χ3n) is 5.32. The van der Waals surface area contributed by atoms with Gasteiger partial charge in [-0.1, -0.05) is 0 Å². The van der Waals surface area contributed by atoms with Gasteiger partial charge in [0.25, 0.3) is 0 Å². The summed E-state index contributed by atoms with van der Waals surface area (Å²) < 4.78 is 12.5. The molecule has 0 saturated heterocycles. The zero-order valence-corrected chi connectivity index (χ0v) is 19.5. The van der Waals surface area contributed by atoms with E-state index >= 15 is 0 Å². The molecule has 0 spiro atoms. The smallest absolute Gasteiger partial charge is 0.191 e. The molecule has 0 aliphatic carbocycles. The van der Waals surface area contributed by atoms with E-state index in [9.17, 15) is 5.11 Å². The fourth-order valence-electron chi connectivity index (χ4n) is 3.51. The van der Waals surface area contributed by atoms with Gasteiger partial charge in [-0.3, -0.25) is 4.68 Å². The van der Waals surface area contributed by atoms with E-state index in [1.54, 1.807) is 38.2 Å². The van der Waals surface area contributed by atoms with Gasteiger partial charge in [-0.05, 0) is 32.8 Å². The summed E-state index contributed by atoms with van der Waals surface area (Å²) in [7, 11) is 5.14. The van der Waals surface area contributed by atoms with Crippen LogP contribution in [0.5, 0.6) is 11.5 Å². The molecule has 4 N–H and O–H groups in total. The summed E-state index contributed by atoms with van der Waals surface area (Å²) in [6.07, 6.45) is 5.26. The second-order valence-electron chi connectivity index (χ2n) is 7.99. The highest BCUT2D eigenvalue weighted by Gasteiger charge is 2.24. The van der Waals surface area contributed by atoms with Crippen molar-refractivity contribution in [3.63, 3.8) is 0 Å². The fraction of sp³-hybridized carbons (Fsp3) is 0.478. The number of hydrogen-bond donors (Lipinski definition) is 4. The molecule has 32 heavy (non-hydrogen) atoms. The van der Waals surface area contributed by atoms with Crippen molar-refractivity contribution in [2.75, 3.05) is 33.9 Å². The lowest BCUT2D eigenvalue weighted by molar-refractivity contribution is 0.0672. The van der Waals surface area contributed by atoms with Crippen molar-refractivity contribution in [2.24, 2.45) is 12.0 Å². The molecule has 0 saturated carbocycles. The summed E-state index contributed by atoms with van der Waals surface area (Å²) in [6.45, 7) is 5.48. The molecule has 0 radical (unpaired) electrons. The van der Waals surface area contributed by atoms with Gasteiger partial charge in [0.2, 0.25) is 0 Å². The first-order chi connectivity index (χ1) is 15.4. The van der Waals surface area contributed by atoms with Crippen molar-refractivity contribution in [3.05, 3.63) is 41.9 Å². The number of aromatic nitrogens is 3. The molecule has 2 aromatic heterocycles. The number of nitrogens with zero attached hydrogens (tertiary/aromatic N) is 3. The summed E-state index contributed by atoms with van der Waals surface area (Å²) >= 11 is 0. The van der Waals surface area contributed by atoms with Gasteiger partial charge in [-0.25, -0.2) is 4.99 Å². The fourth-order valence-corrected chi connectivity index (χ4v) is 3.51. The number of nitrogens with one attached hydrogen (secondary N) is 3. The first-order valence-electron chi connectivity index (χ1n) is 10.8. The average molecular weight is 443 g/mol. The Kier molecular flexibility index (Phi) is 7.63. The summed E-state index contributed by atoms with van der Waals surface area (Å²) in [5.74, 6) is 2.24. The monoisotopic (exact) mass is 442 g/mol. The Balaban J connectivity index is 1.57. The number of aromatic amines is 1. The molecule has 1 unspecified atom stereocenters. The quantitative estimate of drug-likeness (QED) is 0.218. The lowest BCUT2D eigenvalue weighted by Gasteiger charge is -2.20. The predicted octanol–water partition coefficient (Wildman–Crippen LogP) is 2.31. The molecule has 0 aliphatic rings. The Morgan fingerprint density at radius 3 is 2.72 bits per heavy atom. The van der Waals surface area contributed by atoms with Crippen LogP contribution in [0.3, 0.4) is 0 Å². The van der Waals surface area contributed by atoms with E-state index < -0.39 is 5.60 Å². The highest BCUT2D eigenvalue weighted by molar-refractivity contribution is 5.88. The summed E-state index contributed by atoms with van der Waals surface area (Å²) in [4.78, 5) is 8.01. The van der Waals surface area contributed by atoms with Crippen molar-refractivity contribution in [1.29, 1.82) is 0 Å². The van der Waals surface area contributed by atoms with Crippen LogP contribution in [-0.2, 0) is 19.1 Å². The molecular formula is C23H34N6O3. The Morgan fingerprint density at radius 1 is 1.25 bits per heavy atom. The van der Waals surface area contributed by atoms with E-state index in [0.717, 1.165) is 59.6 Å². The van der Waals surface area contributed by atoms with Gasteiger partial charge in [-0.15, -0.1) is 0 Å². The van der Waals surface area contributed by atoms with Crippen molar-refractivity contribution in [3.8, 4) is 11.5 Å². The lowest BCUT2D eigenvalue weighted by Crippen LogP contribution is -2.39. The molecule has 0 amide bonds. The van der Waals surface area contributed by atoms with Crippen LogP contribution in [0, 0.1) is 0 Å². The van der Waals surface area contributed by atoms with Crippen LogP contribution in [-0.4, -0.2) is 59.7 Å². The maximum absolute atomic E-state index is 10.7. The molecule has 9 heteroatoms. The van der Waals surface area contributed by atoms with Crippen LogP contribution in [0.1, 0.15) is 31.5 Å². The molecule has 9 nitrogen and oxygen atoms in total. The Morgan fingerprint density at radius 2 is 2.06 bits per heavy atom. The third-order valence-corrected chi connectivity index (χ3v) is 5.32. The van der Waals surface area contributed by atoms with Crippen LogP contribution in [0.25, 0.3) is 10.9 Å². The average Bonchev–Trinajstić information content (AvgIpc) is 3.40. The van der Waals surface area contributed by atoms with Crippen LogP contribution >= 0.6 is 0 Å². The third kappa shape index (κ3) is 5.73. The van der Waals surface area contributed by atoms with Crippen molar-refractivity contribution >= 4 is 16.9 Å². The predicted molar refractivity (Wildman–Crippen MR) is 126 cm³/mol. The number of fused-ring (bicyclic) bond motifs is 1. The normalized spacial score (nSPS) is 13.8. The van der Waals surface area contributed by atoms with Crippen LogP contribution in [0.2, 0.25) is 0 Å². The maximum Gasteiger partial charge on any atom is 0.191 e. The molecule has 1 atom stereocenters. The number of aliphatic hydroxyl groups is 1. The van der Waals surface area contributed by atoms with E-state index in [1.807, 2.05) is 26.1 Å². The molecule has 174 valence electrons. The summed E-state index contributed by atoms with van der Waals surface area (Å²) in [5.41, 5.74) is 1.79. The zero-order chi connectivity index (χ0) is 23.1. The second-order valence-corrected chi connectivity index (χ2v) is 7.99. The number of ether oxygens (including phenoxy) is 2. The van der Waals surface area contributed by atoms with Gasteiger partial charge < -0.3 is 30.2 Å². The standard InChI is InChI=1S/C23H34N6O3/c1-6-24-22(26-15-23(2,30)16-13-27-29(3)14-16)25-9-7-8-17-10-19-20(28-17)11-18(31-4)12-21(19)32-5/h10-14,28,30H,6-9,15H2,1-5H3,(H2,24,25,26). The van der Waals surface area contributed by atoms with Gasteiger partial charge in [0.05, 0.1) is 32.5 Å². The van der Waals surface area contributed by atoms with E-state index in [1.165, 1.54) is 0 Å². The summed E-state index contributed by atoms with van der Waals surface area (Å²) in [5, 5.41) is 22.5. The minimum Gasteiger partial charge on any atom is -0.497 e. The number of benzene rings is 1. The van der Waals surface area contributed by atoms with Crippen molar-refractivity contribution in [2.45, 2.75) is 32.3 Å². The number of guanidine groups is 1. The number of methoxy groups -OCH3 is 2. The zero-order valence-electron chi connectivity index (χ0n) is 19.5. The van der Waals surface area contributed by atoms with Crippen LogP contribution in [0.15, 0.2) is 35.6 Å². The number of H-pyrrole nitrogens is 1. The largest absolute Gasteiger partial charge is 0.497 e. The van der Waals surface area contributed by atoms with Crippen molar-refractivity contribution < 1.29 is 14.6 Å². The van der Waals surface area contributed by atoms with Gasteiger partial charge in [0.15, 0.2) is 5.96 Å². The van der Waals surface area contributed by atoms with E-state index in [2.05, 4.69) is 31.8 Å². The second kappa shape index (κ2) is 10.4. The minimum atomic E-state index is -1.08. The molecule has 3 aromatic rings. The number of aliphatic imine (C=N–C) groups is 1. The number of rotatable bonds is 10. The van der Waals surface area contributed by atoms with Gasteiger partial charge in [0, 0.05) is 55.1 Å². The van der Waals surface area contributed by atoms with E-state index in [-0.39, 0.29) is 6.54 Å². The first-order valence-corrected chi connectivity index (χ1v) is 10.8. The number of hydrogen-bond acceptors (Lipinski definition) is 5. The summed E-state index contributed by atoms with van der Waals surface area (Å²) in [6, 6.07) is 5.99. The minimum absolute atomic E-state index is 0.234. The highest BCUT2D eigenvalue weighted by atomic mass is 16.5. The van der Waals surface area contributed by atoms with Gasteiger partial charge >= 0.3 is 0 Å². The Hall–Kier alpha value is -3.20. The molecule has 3 rings (SSSR count). The van der Waals surface area contributed by atoms with Gasteiger partial charge in [-0.2, -0.15) is 5.10 Å². The van der Waals surface area contributed by atoms with Crippen LogP contribution < -0.4 is 20.1 Å². The Bertz CT molecular complexity index is 1050. The molecule has 0 fully saturated rings. The lowest BCUT2D eigenvalue weighted by atomic mass is 10.0. The van der Waals surface area contributed by atoms with E-state index in [0.29, 0.717) is 5.96 Å².